The zero-order valence-electron chi connectivity index (χ0n) is 11.9. The Morgan fingerprint density at radius 1 is 1.14 bits per heavy atom. The maximum atomic E-state index is 13.3. The summed E-state index contributed by atoms with van der Waals surface area (Å²) >= 11 is 11.9. The molecule has 0 aliphatic heterocycles. The first-order chi connectivity index (χ1) is 10.1. The summed E-state index contributed by atoms with van der Waals surface area (Å²) < 4.78 is 13.3. The predicted molar refractivity (Wildman–Crippen MR) is 87.6 cm³/mol. The molecule has 0 aliphatic rings. The van der Waals surface area contributed by atoms with E-state index in [0.717, 1.165) is 35.5 Å². The molecule has 1 N–H and O–H groups in total. The van der Waals surface area contributed by atoms with Crippen LogP contribution < -0.4 is 5.32 Å². The van der Waals surface area contributed by atoms with Gasteiger partial charge < -0.3 is 5.32 Å². The molecule has 0 spiro atoms. The quantitative estimate of drug-likeness (QED) is 0.748. The SMILES string of the molecule is CCCNC(Cc1cccc(Cl)c1)c1ccc(F)c(Cl)c1. The maximum Gasteiger partial charge on any atom is 0.141 e. The van der Waals surface area contributed by atoms with Gasteiger partial charge in [0.1, 0.15) is 5.82 Å². The molecular weight excluding hydrogens is 308 g/mol. The summed E-state index contributed by atoms with van der Waals surface area (Å²) in [6.45, 7) is 3.00. The first kappa shape index (κ1) is 16.3. The molecule has 0 saturated carbocycles. The molecule has 21 heavy (non-hydrogen) atoms. The molecule has 0 fully saturated rings. The monoisotopic (exact) mass is 325 g/mol. The van der Waals surface area contributed by atoms with E-state index in [-0.39, 0.29) is 11.1 Å². The van der Waals surface area contributed by atoms with Gasteiger partial charge in [-0.1, -0.05) is 48.3 Å². The van der Waals surface area contributed by atoms with Crippen molar-refractivity contribution in [3.05, 3.63) is 69.5 Å². The highest BCUT2D eigenvalue weighted by molar-refractivity contribution is 6.31. The first-order valence-electron chi connectivity index (χ1n) is 7.03. The fourth-order valence-corrected chi connectivity index (χ4v) is 2.66. The Morgan fingerprint density at radius 3 is 2.62 bits per heavy atom. The molecule has 0 radical (unpaired) electrons. The normalized spacial score (nSPS) is 12.4. The second-order valence-electron chi connectivity index (χ2n) is 5.01. The van der Waals surface area contributed by atoms with Crippen molar-refractivity contribution in [3.63, 3.8) is 0 Å². The van der Waals surface area contributed by atoms with E-state index in [1.54, 1.807) is 12.1 Å². The Morgan fingerprint density at radius 2 is 1.95 bits per heavy atom. The number of halogens is 3. The van der Waals surface area contributed by atoms with Crippen LogP contribution in [0.5, 0.6) is 0 Å². The van der Waals surface area contributed by atoms with Crippen LogP contribution in [0.25, 0.3) is 0 Å². The highest BCUT2D eigenvalue weighted by Crippen LogP contribution is 2.24. The van der Waals surface area contributed by atoms with Crippen LogP contribution >= 0.6 is 23.2 Å². The fourth-order valence-electron chi connectivity index (χ4n) is 2.26. The number of rotatable bonds is 6. The van der Waals surface area contributed by atoms with Gasteiger partial charge in [0.2, 0.25) is 0 Å². The van der Waals surface area contributed by atoms with Crippen LogP contribution in [0.3, 0.4) is 0 Å². The topological polar surface area (TPSA) is 12.0 Å². The summed E-state index contributed by atoms with van der Waals surface area (Å²) in [5.74, 6) is -0.391. The lowest BCUT2D eigenvalue weighted by molar-refractivity contribution is 0.527. The highest BCUT2D eigenvalue weighted by atomic mass is 35.5. The summed E-state index contributed by atoms with van der Waals surface area (Å²) in [6, 6.07) is 12.7. The van der Waals surface area contributed by atoms with Crippen LogP contribution in [0.1, 0.15) is 30.5 Å². The average Bonchev–Trinajstić information content (AvgIpc) is 2.46. The number of benzene rings is 2. The van der Waals surface area contributed by atoms with Crippen molar-refractivity contribution in [1.82, 2.24) is 5.32 Å². The minimum absolute atomic E-state index is 0.0847. The van der Waals surface area contributed by atoms with Crippen LogP contribution in [-0.2, 0) is 6.42 Å². The van der Waals surface area contributed by atoms with Gasteiger partial charge in [-0.3, -0.25) is 0 Å². The summed E-state index contributed by atoms with van der Waals surface area (Å²) in [6.07, 6.45) is 1.81. The summed E-state index contributed by atoms with van der Waals surface area (Å²) in [7, 11) is 0. The van der Waals surface area contributed by atoms with Crippen LogP contribution in [-0.4, -0.2) is 6.54 Å². The zero-order valence-corrected chi connectivity index (χ0v) is 13.4. The molecule has 1 nitrogen and oxygen atoms in total. The van der Waals surface area contributed by atoms with E-state index in [9.17, 15) is 4.39 Å². The Balaban J connectivity index is 2.22. The zero-order chi connectivity index (χ0) is 15.2. The third-order valence-corrected chi connectivity index (χ3v) is 3.84. The van der Waals surface area contributed by atoms with Gasteiger partial charge >= 0.3 is 0 Å². The molecule has 112 valence electrons. The lowest BCUT2D eigenvalue weighted by Crippen LogP contribution is -2.24. The summed E-state index contributed by atoms with van der Waals surface area (Å²) in [5, 5.41) is 4.35. The van der Waals surface area contributed by atoms with E-state index in [1.165, 1.54) is 6.07 Å². The van der Waals surface area contributed by atoms with Crippen molar-refractivity contribution in [2.75, 3.05) is 6.54 Å². The standard InChI is InChI=1S/C17H18Cl2FN/c1-2-8-21-17(10-12-4-3-5-14(18)9-12)13-6-7-16(20)15(19)11-13/h3-7,9,11,17,21H,2,8,10H2,1H3. The summed E-state index contributed by atoms with van der Waals surface area (Å²) in [5.41, 5.74) is 2.12. The van der Waals surface area contributed by atoms with Gasteiger partial charge in [-0.15, -0.1) is 0 Å². The minimum Gasteiger partial charge on any atom is -0.310 e. The molecule has 1 atom stereocenters. The molecular formula is C17H18Cl2FN. The smallest absolute Gasteiger partial charge is 0.141 e. The van der Waals surface area contributed by atoms with Gasteiger partial charge in [0.25, 0.3) is 0 Å². The second kappa shape index (κ2) is 7.79. The number of nitrogens with one attached hydrogen (secondary N) is 1. The lowest BCUT2D eigenvalue weighted by Gasteiger charge is -2.20. The summed E-state index contributed by atoms with van der Waals surface area (Å²) in [4.78, 5) is 0. The van der Waals surface area contributed by atoms with Crippen molar-refractivity contribution >= 4 is 23.2 Å². The molecule has 2 aromatic carbocycles. The maximum absolute atomic E-state index is 13.3. The predicted octanol–water partition coefficient (Wildman–Crippen LogP) is 5.42. The Hall–Kier alpha value is -1.09. The molecule has 2 rings (SSSR count). The Bertz CT molecular complexity index is 601. The molecule has 0 amide bonds. The van der Waals surface area contributed by atoms with Crippen LogP contribution in [0.15, 0.2) is 42.5 Å². The largest absolute Gasteiger partial charge is 0.310 e. The van der Waals surface area contributed by atoms with Gasteiger partial charge in [-0.25, -0.2) is 4.39 Å². The van der Waals surface area contributed by atoms with E-state index in [2.05, 4.69) is 12.2 Å². The molecule has 0 saturated heterocycles. The third-order valence-electron chi connectivity index (χ3n) is 3.32. The molecule has 0 heterocycles. The first-order valence-corrected chi connectivity index (χ1v) is 7.78. The van der Waals surface area contributed by atoms with Gasteiger partial charge in [-0.05, 0) is 54.8 Å². The third kappa shape index (κ3) is 4.70. The number of hydrogen-bond acceptors (Lipinski definition) is 1. The van der Waals surface area contributed by atoms with E-state index in [0.29, 0.717) is 0 Å². The average molecular weight is 326 g/mol. The molecule has 4 heteroatoms. The minimum atomic E-state index is -0.391. The van der Waals surface area contributed by atoms with Crippen LogP contribution in [0.4, 0.5) is 4.39 Å². The fraction of sp³-hybridized carbons (Fsp3) is 0.294. The van der Waals surface area contributed by atoms with Crippen LogP contribution in [0.2, 0.25) is 10.0 Å². The second-order valence-corrected chi connectivity index (χ2v) is 5.86. The van der Waals surface area contributed by atoms with E-state index in [4.69, 9.17) is 23.2 Å². The highest BCUT2D eigenvalue weighted by Gasteiger charge is 2.13. The van der Waals surface area contributed by atoms with Crippen molar-refractivity contribution < 1.29 is 4.39 Å². The Labute approximate surface area is 135 Å². The van der Waals surface area contributed by atoms with Crippen molar-refractivity contribution in [2.45, 2.75) is 25.8 Å². The van der Waals surface area contributed by atoms with Crippen molar-refractivity contribution in [3.8, 4) is 0 Å². The molecule has 2 aromatic rings. The molecule has 0 aliphatic carbocycles. The van der Waals surface area contributed by atoms with E-state index in [1.807, 2.05) is 24.3 Å². The van der Waals surface area contributed by atoms with E-state index < -0.39 is 5.82 Å². The van der Waals surface area contributed by atoms with Gasteiger partial charge in [0.05, 0.1) is 5.02 Å². The van der Waals surface area contributed by atoms with Crippen molar-refractivity contribution in [1.29, 1.82) is 0 Å². The van der Waals surface area contributed by atoms with Gasteiger partial charge in [0, 0.05) is 11.1 Å². The lowest BCUT2D eigenvalue weighted by atomic mass is 9.98. The van der Waals surface area contributed by atoms with Crippen molar-refractivity contribution in [2.24, 2.45) is 0 Å². The molecule has 0 bridgehead atoms. The van der Waals surface area contributed by atoms with E-state index >= 15 is 0 Å². The van der Waals surface area contributed by atoms with Gasteiger partial charge in [-0.2, -0.15) is 0 Å². The number of hydrogen-bond donors (Lipinski definition) is 1. The molecule has 0 aromatic heterocycles. The Kier molecular flexibility index (Phi) is 6.04. The molecule has 1 unspecified atom stereocenters. The van der Waals surface area contributed by atoms with Crippen LogP contribution in [0, 0.1) is 5.82 Å². The van der Waals surface area contributed by atoms with Gasteiger partial charge in [0.15, 0.2) is 0 Å².